The van der Waals surface area contributed by atoms with Crippen LogP contribution in [0.25, 0.3) is 0 Å². The zero-order valence-electron chi connectivity index (χ0n) is 11.3. The highest BCUT2D eigenvalue weighted by Gasteiger charge is 2.20. The van der Waals surface area contributed by atoms with Crippen molar-refractivity contribution in [3.8, 4) is 0 Å². The van der Waals surface area contributed by atoms with Gasteiger partial charge >= 0.3 is 5.97 Å². The van der Waals surface area contributed by atoms with Gasteiger partial charge in [0.25, 0.3) is 0 Å². The number of ether oxygens (including phenoxy) is 2. The predicted molar refractivity (Wildman–Crippen MR) is 66.9 cm³/mol. The van der Waals surface area contributed by atoms with Gasteiger partial charge in [0.2, 0.25) is 0 Å². The lowest BCUT2D eigenvalue weighted by molar-refractivity contribution is -0.149. The van der Waals surface area contributed by atoms with Crippen molar-refractivity contribution < 1.29 is 14.3 Å². The molecule has 1 aliphatic rings. The van der Waals surface area contributed by atoms with Gasteiger partial charge in [-0.15, -0.1) is 0 Å². The van der Waals surface area contributed by atoms with E-state index in [1.165, 1.54) is 6.42 Å². The van der Waals surface area contributed by atoms with Crippen molar-refractivity contribution in [2.24, 2.45) is 0 Å². The van der Waals surface area contributed by atoms with Crippen LogP contribution in [-0.2, 0) is 14.3 Å². The van der Waals surface area contributed by atoms with E-state index in [9.17, 15) is 4.79 Å². The van der Waals surface area contributed by atoms with Crippen LogP contribution < -0.4 is 5.32 Å². The van der Waals surface area contributed by atoms with Crippen LogP contribution in [0.1, 0.15) is 46.5 Å². The summed E-state index contributed by atoms with van der Waals surface area (Å²) in [6.07, 6.45) is 4.34. The Bertz CT molecular complexity index is 227. The maximum absolute atomic E-state index is 11.7. The topological polar surface area (TPSA) is 47.6 Å². The molecule has 0 amide bonds. The van der Waals surface area contributed by atoms with Crippen LogP contribution in [0, 0.1) is 0 Å². The number of nitrogens with one attached hydrogen (secondary N) is 1. The van der Waals surface area contributed by atoms with Crippen molar-refractivity contribution in [2.75, 3.05) is 19.8 Å². The molecule has 4 nitrogen and oxygen atoms in total. The molecule has 0 aromatic carbocycles. The molecule has 1 saturated heterocycles. The molecule has 0 spiro atoms. The molecule has 1 heterocycles. The molecule has 0 radical (unpaired) electrons. The molecule has 100 valence electrons. The van der Waals surface area contributed by atoms with Crippen molar-refractivity contribution >= 4 is 5.97 Å². The summed E-state index contributed by atoms with van der Waals surface area (Å²) in [6, 6.07) is -0.118. The smallest absolute Gasteiger partial charge is 0.323 e. The van der Waals surface area contributed by atoms with Gasteiger partial charge < -0.3 is 14.8 Å². The van der Waals surface area contributed by atoms with E-state index in [2.05, 4.69) is 5.32 Å². The summed E-state index contributed by atoms with van der Waals surface area (Å²) in [6.45, 7) is 7.68. The first-order valence-corrected chi connectivity index (χ1v) is 6.53. The Labute approximate surface area is 104 Å². The van der Waals surface area contributed by atoms with E-state index in [-0.39, 0.29) is 17.6 Å². The van der Waals surface area contributed by atoms with E-state index in [4.69, 9.17) is 9.47 Å². The molecule has 1 atom stereocenters. The third-order valence-corrected chi connectivity index (χ3v) is 2.71. The van der Waals surface area contributed by atoms with E-state index in [1.54, 1.807) is 0 Å². The number of hydrogen-bond acceptors (Lipinski definition) is 4. The first-order chi connectivity index (χ1) is 7.99. The molecular formula is C13H25NO3. The van der Waals surface area contributed by atoms with Crippen molar-refractivity contribution in [1.82, 2.24) is 5.32 Å². The van der Waals surface area contributed by atoms with Crippen LogP contribution in [0.5, 0.6) is 0 Å². The number of carbonyl (C=O) groups excluding carboxylic acids is 1. The number of esters is 1. The lowest BCUT2D eigenvalue weighted by atomic mass is 10.1. The molecule has 0 bridgehead atoms. The maximum Gasteiger partial charge on any atom is 0.323 e. The van der Waals surface area contributed by atoms with Crippen molar-refractivity contribution in [1.29, 1.82) is 0 Å². The molecule has 0 aromatic rings. The van der Waals surface area contributed by atoms with Gasteiger partial charge in [0.05, 0.1) is 12.2 Å². The second-order valence-electron chi connectivity index (χ2n) is 5.48. The number of rotatable bonds is 4. The fraction of sp³-hybridized carbons (Fsp3) is 0.923. The Hall–Kier alpha value is -0.610. The third kappa shape index (κ3) is 6.64. The fourth-order valence-electron chi connectivity index (χ4n) is 1.82. The normalized spacial score (nSPS) is 21.9. The molecule has 17 heavy (non-hydrogen) atoms. The van der Waals surface area contributed by atoms with Gasteiger partial charge in [-0.05, 0) is 40.2 Å². The van der Waals surface area contributed by atoms with E-state index in [0.717, 1.165) is 25.8 Å². The zero-order valence-corrected chi connectivity index (χ0v) is 11.3. The van der Waals surface area contributed by atoms with Crippen LogP contribution in [-0.4, -0.2) is 37.4 Å². The first kappa shape index (κ1) is 14.5. The molecular weight excluding hydrogens is 218 g/mol. The monoisotopic (exact) mass is 243 g/mol. The first-order valence-electron chi connectivity index (χ1n) is 6.53. The van der Waals surface area contributed by atoms with E-state index in [1.807, 2.05) is 20.8 Å². The zero-order chi connectivity index (χ0) is 12.7. The molecule has 0 saturated carbocycles. The largest absolute Gasteiger partial charge is 0.462 e. The van der Waals surface area contributed by atoms with Gasteiger partial charge in [-0.1, -0.05) is 12.8 Å². The molecule has 0 aliphatic carbocycles. The van der Waals surface area contributed by atoms with Crippen molar-refractivity contribution in [2.45, 2.75) is 58.1 Å². The summed E-state index contributed by atoms with van der Waals surface area (Å²) in [5.41, 5.74) is -0.174. The van der Waals surface area contributed by atoms with Crippen LogP contribution in [0.4, 0.5) is 0 Å². The summed E-state index contributed by atoms with van der Waals surface area (Å²) in [5, 5.41) is 3.22. The van der Waals surface area contributed by atoms with E-state index >= 15 is 0 Å². The van der Waals surface area contributed by atoms with Gasteiger partial charge in [0.1, 0.15) is 12.6 Å². The summed E-state index contributed by atoms with van der Waals surface area (Å²) in [4.78, 5) is 11.7. The minimum atomic E-state index is -0.174. The van der Waals surface area contributed by atoms with Crippen molar-refractivity contribution in [3.05, 3.63) is 0 Å². The minimum absolute atomic E-state index is 0.118. The SMILES string of the molecule is CC(C)(C)OCCOC(=O)C1CCCCCN1. The van der Waals surface area contributed by atoms with Crippen LogP contribution in [0.3, 0.4) is 0 Å². The van der Waals surface area contributed by atoms with Crippen molar-refractivity contribution in [3.63, 3.8) is 0 Å². The Morgan fingerprint density at radius 1 is 1.24 bits per heavy atom. The lowest BCUT2D eigenvalue weighted by Crippen LogP contribution is -2.38. The summed E-state index contributed by atoms with van der Waals surface area (Å²) >= 11 is 0. The van der Waals surface area contributed by atoms with Gasteiger partial charge in [-0.3, -0.25) is 4.79 Å². The minimum Gasteiger partial charge on any atom is -0.462 e. The Balaban J connectivity index is 2.15. The number of hydrogen-bond donors (Lipinski definition) is 1. The number of carbonyl (C=O) groups is 1. The van der Waals surface area contributed by atoms with E-state index < -0.39 is 0 Å². The summed E-state index contributed by atoms with van der Waals surface area (Å²) in [7, 11) is 0. The Morgan fingerprint density at radius 3 is 2.71 bits per heavy atom. The third-order valence-electron chi connectivity index (χ3n) is 2.71. The standard InChI is InChI=1S/C13H25NO3/c1-13(2,3)17-10-9-16-12(15)11-7-5-4-6-8-14-11/h11,14H,4-10H2,1-3H3. The average Bonchev–Trinajstić information content (AvgIpc) is 2.51. The highest BCUT2D eigenvalue weighted by atomic mass is 16.6. The maximum atomic E-state index is 11.7. The summed E-state index contributed by atoms with van der Waals surface area (Å²) < 4.78 is 10.7. The lowest BCUT2D eigenvalue weighted by Gasteiger charge is -2.20. The van der Waals surface area contributed by atoms with E-state index in [0.29, 0.717) is 13.2 Å². The van der Waals surface area contributed by atoms with Gasteiger partial charge in [-0.2, -0.15) is 0 Å². The second-order valence-corrected chi connectivity index (χ2v) is 5.48. The second kappa shape index (κ2) is 6.97. The fourth-order valence-corrected chi connectivity index (χ4v) is 1.82. The molecule has 1 rings (SSSR count). The highest BCUT2D eigenvalue weighted by molar-refractivity contribution is 5.75. The van der Waals surface area contributed by atoms with Gasteiger partial charge in [0.15, 0.2) is 0 Å². The highest BCUT2D eigenvalue weighted by Crippen LogP contribution is 2.10. The predicted octanol–water partition coefficient (Wildman–Crippen LogP) is 1.88. The van der Waals surface area contributed by atoms with Crippen LogP contribution in [0.2, 0.25) is 0 Å². The molecule has 1 unspecified atom stereocenters. The molecule has 4 heteroatoms. The molecule has 1 N–H and O–H groups in total. The molecule has 0 aromatic heterocycles. The molecule has 1 aliphatic heterocycles. The van der Waals surface area contributed by atoms with Crippen LogP contribution >= 0.6 is 0 Å². The average molecular weight is 243 g/mol. The Kier molecular flexibility index (Phi) is 5.92. The Morgan fingerprint density at radius 2 is 2.00 bits per heavy atom. The van der Waals surface area contributed by atoms with Gasteiger partial charge in [0, 0.05) is 0 Å². The van der Waals surface area contributed by atoms with Crippen LogP contribution in [0.15, 0.2) is 0 Å². The quantitative estimate of drug-likeness (QED) is 0.605. The summed E-state index contributed by atoms with van der Waals surface area (Å²) in [5.74, 6) is -0.135. The molecule has 1 fully saturated rings. The van der Waals surface area contributed by atoms with Gasteiger partial charge in [-0.25, -0.2) is 0 Å².